The number of nitrogens with zero attached hydrogens (tertiary/aromatic N) is 5. The van der Waals surface area contributed by atoms with E-state index < -0.39 is 0 Å². The summed E-state index contributed by atoms with van der Waals surface area (Å²) in [5, 5.41) is 10.0. The summed E-state index contributed by atoms with van der Waals surface area (Å²) in [6.45, 7) is 2.53. The van der Waals surface area contributed by atoms with Crippen LogP contribution in [0.15, 0.2) is 65.3 Å². The monoisotopic (exact) mass is 405 g/mol. The molecular weight excluding hydrogens is 390 g/mol. The van der Waals surface area contributed by atoms with Crippen LogP contribution in [0.2, 0.25) is 0 Å². The van der Waals surface area contributed by atoms with Gasteiger partial charge in [0.25, 0.3) is 0 Å². The molecule has 0 saturated heterocycles. The van der Waals surface area contributed by atoms with Crippen molar-refractivity contribution in [2.45, 2.75) is 13.1 Å². The van der Waals surface area contributed by atoms with Crippen molar-refractivity contribution in [1.29, 1.82) is 0 Å². The molecule has 0 aliphatic carbocycles. The maximum atomic E-state index is 4.50. The third-order valence-electron chi connectivity index (χ3n) is 4.81. The summed E-state index contributed by atoms with van der Waals surface area (Å²) >= 11 is 3.52. The molecule has 5 nitrogen and oxygen atoms in total. The van der Waals surface area contributed by atoms with Crippen molar-refractivity contribution in [3.8, 4) is 11.4 Å². The van der Waals surface area contributed by atoms with Crippen LogP contribution < -0.4 is 4.90 Å². The molecule has 2 aromatic heterocycles. The van der Waals surface area contributed by atoms with Crippen molar-refractivity contribution in [3.63, 3.8) is 0 Å². The fourth-order valence-corrected chi connectivity index (χ4v) is 3.90. The van der Waals surface area contributed by atoms with Crippen molar-refractivity contribution in [2.75, 3.05) is 11.4 Å². The SMILES string of the molecule is Brc1ccc2c(N3CCn4c(nnc4-c4ccccc4)C3)ccnc2c1. The number of benzene rings is 2. The summed E-state index contributed by atoms with van der Waals surface area (Å²) in [7, 11) is 0. The number of hydrogen-bond donors (Lipinski definition) is 0. The maximum Gasteiger partial charge on any atom is 0.164 e. The van der Waals surface area contributed by atoms with Crippen molar-refractivity contribution in [2.24, 2.45) is 0 Å². The molecule has 1 aliphatic heterocycles. The fourth-order valence-electron chi connectivity index (χ4n) is 3.55. The molecule has 2 aromatic carbocycles. The molecule has 0 atom stereocenters. The molecule has 26 heavy (non-hydrogen) atoms. The predicted molar refractivity (Wildman–Crippen MR) is 106 cm³/mol. The first kappa shape index (κ1) is 15.5. The Morgan fingerprint density at radius 1 is 0.923 bits per heavy atom. The number of fused-ring (bicyclic) bond motifs is 2. The molecule has 6 heteroatoms. The lowest BCUT2D eigenvalue weighted by Crippen LogP contribution is -2.34. The van der Waals surface area contributed by atoms with Crippen LogP contribution in [0, 0.1) is 0 Å². The summed E-state index contributed by atoms with van der Waals surface area (Å²) in [6, 6.07) is 18.6. The summed E-state index contributed by atoms with van der Waals surface area (Å²) in [5.74, 6) is 1.95. The first-order valence-electron chi connectivity index (χ1n) is 8.56. The van der Waals surface area contributed by atoms with Gasteiger partial charge in [-0.05, 0) is 24.3 Å². The molecule has 1 aliphatic rings. The highest BCUT2D eigenvalue weighted by Crippen LogP contribution is 2.30. The number of halogens is 1. The molecule has 0 unspecified atom stereocenters. The Morgan fingerprint density at radius 3 is 2.69 bits per heavy atom. The number of hydrogen-bond acceptors (Lipinski definition) is 4. The molecule has 0 N–H and O–H groups in total. The van der Waals surface area contributed by atoms with Gasteiger partial charge in [0, 0.05) is 40.4 Å². The standard InChI is InChI=1S/C20H16BrN5/c21-15-6-7-16-17(12-15)22-9-8-18(16)25-10-11-26-19(13-25)23-24-20(26)14-4-2-1-3-5-14/h1-9,12H,10-11,13H2. The average molecular weight is 406 g/mol. The van der Waals surface area contributed by atoms with E-state index in [1.807, 2.05) is 24.4 Å². The van der Waals surface area contributed by atoms with Gasteiger partial charge in [0.1, 0.15) is 0 Å². The van der Waals surface area contributed by atoms with Gasteiger partial charge in [-0.15, -0.1) is 10.2 Å². The highest BCUT2D eigenvalue weighted by Gasteiger charge is 2.23. The molecule has 3 heterocycles. The van der Waals surface area contributed by atoms with E-state index >= 15 is 0 Å². The van der Waals surface area contributed by atoms with Crippen LogP contribution in [0.4, 0.5) is 5.69 Å². The molecule has 0 bridgehead atoms. The topological polar surface area (TPSA) is 46.8 Å². The van der Waals surface area contributed by atoms with Crippen LogP contribution in [0.1, 0.15) is 5.82 Å². The van der Waals surface area contributed by atoms with Crippen LogP contribution in [-0.4, -0.2) is 26.3 Å². The Kier molecular flexibility index (Phi) is 3.71. The summed E-state index contributed by atoms with van der Waals surface area (Å²) < 4.78 is 3.27. The summed E-state index contributed by atoms with van der Waals surface area (Å²) in [6.07, 6.45) is 1.87. The second-order valence-electron chi connectivity index (χ2n) is 6.37. The average Bonchev–Trinajstić information content (AvgIpc) is 3.11. The first-order chi connectivity index (χ1) is 12.8. The van der Waals surface area contributed by atoms with Gasteiger partial charge in [-0.3, -0.25) is 4.98 Å². The molecule has 0 spiro atoms. The van der Waals surface area contributed by atoms with Crippen LogP contribution in [-0.2, 0) is 13.1 Å². The summed E-state index contributed by atoms with van der Waals surface area (Å²) in [5.41, 5.74) is 3.30. The Labute approximate surface area is 159 Å². The lowest BCUT2D eigenvalue weighted by Gasteiger charge is -2.30. The molecule has 0 fully saturated rings. The van der Waals surface area contributed by atoms with E-state index in [9.17, 15) is 0 Å². The van der Waals surface area contributed by atoms with Gasteiger partial charge in [0.15, 0.2) is 11.6 Å². The molecule has 5 rings (SSSR count). The number of aromatic nitrogens is 4. The van der Waals surface area contributed by atoms with Gasteiger partial charge in [-0.1, -0.05) is 46.3 Å². The van der Waals surface area contributed by atoms with Crippen LogP contribution in [0.5, 0.6) is 0 Å². The third kappa shape index (κ3) is 2.57. The van der Waals surface area contributed by atoms with E-state index in [0.717, 1.165) is 52.2 Å². The van der Waals surface area contributed by atoms with Gasteiger partial charge >= 0.3 is 0 Å². The number of anilines is 1. The normalized spacial score (nSPS) is 13.8. The van der Waals surface area contributed by atoms with E-state index in [4.69, 9.17) is 0 Å². The molecule has 0 saturated carbocycles. The lowest BCUT2D eigenvalue weighted by molar-refractivity contribution is 0.565. The van der Waals surface area contributed by atoms with Gasteiger partial charge < -0.3 is 9.47 Å². The van der Waals surface area contributed by atoms with E-state index in [0.29, 0.717) is 0 Å². The quantitative estimate of drug-likeness (QED) is 0.499. The Balaban J connectivity index is 1.52. The second kappa shape index (κ2) is 6.21. The van der Waals surface area contributed by atoms with Gasteiger partial charge in [-0.25, -0.2) is 0 Å². The largest absolute Gasteiger partial charge is 0.362 e. The van der Waals surface area contributed by atoms with E-state index in [2.05, 4.69) is 77.0 Å². The van der Waals surface area contributed by atoms with Gasteiger partial charge in [0.2, 0.25) is 0 Å². The van der Waals surface area contributed by atoms with Gasteiger partial charge in [0.05, 0.1) is 12.1 Å². The van der Waals surface area contributed by atoms with Crippen molar-refractivity contribution in [3.05, 3.63) is 71.1 Å². The minimum atomic E-state index is 0.745. The first-order valence-corrected chi connectivity index (χ1v) is 9.35. The van der Waals surface area contributed by atoms with E-state index in [-0.39, 0.29) is 0 Å². The molecule has 0 amide bonds. The smallest absolute Gasteiger partial charge is 0.164 e. The molecule has 128 valence electrons. The third-order valence-corrected chi connectivity index (χ3v) is 5.30. The van der Waals surface area contributed by atoms with Crippen LogP contribution in [0.25, 0.3) is 22.3 Å². The minimum Gasteiger partial charge on any atom is -0.362 e. The fraction of sp³-hybridized carbons (Fsp3) is 0.150. The van der Waals surface area contributed by atoms with Crippen LogP contribution in [0.3, 0.4) is 0 Å². The van der Waals surface area contributed by atoms with Crippen molar-refractivity contribution in [1.82, 2.24) is 19.7 Å². The molecular formula is C20H16BrN5. The maximum absolute atomic E-state index is 4.50. The second-order valence-corrected chi connectivity index (χ2v) is 7.29. The predicted octanol–water partition coefficient (Wildman–Crippen LogP) is 4.28. The Bertz CT molecular complexity index is 1090. The molecule has 4 aromatic rings. The highest BCUT2D eigenvalue weighted by atomic mass is 79.9. The summed E-state index contributed by atoms with van der Waals surface area (Å²) in [4.78, 5) is 6.85. The lowest BCUT2D eigenvalue weighted by atomic mass is 10.1. The molecule has 0 radical (unpaired) electrons. The Morgan fingerprint density at radius 2 is 1.81 bits per heavy atom. The van der Waals surface area contributed by atoms with Gasteiger partial charge in [-0.2, -0.15) is 0 Å². The van der Waals surface area contributed by atoms with Crippen molar-refractivity contribution < 1.29 is 0 Å². The Hall–Kier alpha value is -2.73. The van der Waals surface area contributed by atoms with E-state index in [1.54, 1.807) is 0 Å². The number of pyridine rings is 1. The zero-order chi connectivity index (χ0) is 17.5. The zero-order valence-corrected chi connectivity index (χ0v) is 15.6. The highest BCUT2D eigenvalue weighted by molar-refractivity contribution is 9.10. The van der Waals surface area contributed by atoms with Crippen molar-refractivity contribution >= 4 is 32.5 Å². The van der Waals surface area contributed by atoms with Crippen LogP contribution >= 0.6 is 15.9 Å². The zero-order valence-electron chi connectivity index (χ0n) is 14.0. The van der Waals surface area contributed by atoms with E-state index in [1.165, 1.54) is 5.69 Å². The number of rotatable bonds is 2. The minimum absolute atomic E-state index is 0.745.